The number of ether oxygens (including phenoxy) is 1. The Morgan fingerprint density at radius 1 is 1.43 bits per heavy atom. The number of carbonyl (C=O) groups is 1. The van der Waals surface area contributed by atoms with Gasteiger partial charge in [0.15, 0.2) is 0 Å². The number of carbonyl (C=O) groups excluding carboxylic acids is 1. The molecule has 0 aliphatic rings. The second-order valence-corrected chi connectivity index (χ2v) is 5.19. The first-order valence-corrected chi connectivity index (χ1v) is 7.08. The molecule has 1 aromatic carbocycles. The second-order valence-electron chi connectivity index (χ2n) is 5.19. The third-order valence-electron chi connectivity index (χ3n) is 3.57. The van der Waals surface area contributed by atoms with Crippen LogP contribution in [0.25, 0.3) is 0 Å². The van der Waals surface area contributed by atoms with Crippen LogP contribution in [0.3, 0.4) is 0 Å². The fourth-order valence-corrected chi connectivity index (χ4v) is 1.88. The molecule has 5 heteroatoms. The standard InChI is InChI=1S/C16H21N3O2/c1-4-12(3)19-8-7-14(18-19)10-21-16(20)13-6-5-11(2)15(17)9-13/h5-9,12H,4,10,17H2,1-3H3. The molecule has 112 valence electrons. The van der Waals surface area contributed by atoms with Crippen molar-refractivity contribution in [2.24, 2.45) is 0 Å². The molecule has 0 amide bonds. The van der Waals surface area contributed by atoms with E-state index in [2.05, 4.69) is 18.9 Å². The van der Waals surface area contributed by atoms with Gasteiger partial charge in [0.1, 0.15) is 6.61 Å². The van der Waals surface area contributed by atoms with Gasteiger partial charge < -0.3 is 10.5 Å². The summed E-state index contributed by atoms with van der Waals surface area (Å²) >= 11 is 0. The van der Waals surface area contributed by atoms with Crippen molar-refractivity contribution in [3.05, 3.63) is 47.3 Å². The number of nitrogen functional groups attached to an aromatic ring is 1. The van der Waals surface area contributed by atoms with E-state index < -0.39 is 0 Å². The molecule has 1 aromatic heterocycles. The number of aromatic nitrogens is 2. The van der Waals surface area contributed by atoms with Gasteiger partial charge in [-0.25, -0.2) is 4.79 Å². The second kappa shape index (κ2) is 6.43. The Labute approximate surface area is 124 Å². The fourth-order valence-electron chi connectivity index (χ4n) is 1.88. The molecule has 5 nitrogen and oxygen atoms in total. The van der Waals surface area contributed by atoms with Gasteiger partial charge in [0.2, 0.25) is 0 Å². The molecule has 21 heavy (non-hydrogen) atoms. The number of nitrogens with zero attached hydrogens (tertiary/aromatic N) is 2. The van der Waals surface area contributed by atoms with Crippen LogP contribution >= 0.6 is 0 Å². The van der Waals surface area contributed by atoms with E-state index in [9.17, 15) is 4.79 Å². The monoisotopic (exact) mass is 287 g/mol. The number of nitrogens with two attached hydrogens (primary N) is 1. The lowest BCUT2D eigenvalue weighted by Gasteiger charge is -2.08. The molecule has 2 rings (SSSR count). The molecule has 0 saturated carbocycles. The van der Waals surface area contributed by atoms with Crippen molar-refractivity contribution in [1.29, 1.82) is 0 Å². The number of aryl methyl sites for hydroxylation is 1. The van der Waals surface area contributed by atoms with Gasteiger partial charge in [-0.1, -0.05) is 13.0 Å². The molecule has 0 aliphatic carbocycles. The van der Waals surface area contributed by atoms with Crippen molar-refractivity contribution in [2.75, 3.05) is 5.73 Å². The van der Waals surface area contributed by atoms with Crippen LogP contribution in [-0.4, -0.2) is 15.7 Å². The van der Waals surface area contributed by atoms with Crippen LogP contribution in [0.5, 0.6) is 0 Å². The van der Waals surface area contributed by atoms with Crippen LogP contribution in [0.15, 0.2) is 30.5 Å². The van der Waals surface area contributed by atoms with E-state index in [-0.39, 0.29) is 12.6 Å². The molecule has 0 aliphatic heterocycles. The predicted molar refractivity (Wildman–Crippen MR) is 81.9 cm³/mol. The van der Waals surface area contributed by atoms with Gasteiger partial charge in [-0.05, 0) is 44.0 Å². The molecule has 0 saturated heterocycles. The van der Waals surface area contributed by atoms with Crippen molar-refractivity contribution in [3.8, 4) is 0 Å². The number of anilines is 1. The molecule has 0 fully saturated rings. The summed E-state index contributed by atoms with van der Waals surface area (Å²) in [6, 6.07) is 7.36. The van der Waals surface area contributed by atoms with E-state index in [0.717, 1.165) is 17.7 Å². The van der Waals surface area contributed by atoms with Crippen LogP contribution in [0, 0.1) is 6.92 Å². The lowest BCUT2D eigenvalue weighted by atomic mass is 10.1. The zero-order valence-electron chi connectivity index (χ0n) is 12.7. The van der Waals surface area contributed by atoms with E-state index in [1.807, 2.05) is 29.9 Å². The van der Waals surface area contributed by atoms with E-state index in [0.29, 0.717) is 17.3 Å². The minimum atomic E-state index is -0.389. The average molecular weight is 287 g/mol. The van der Waals surface area contributed by atoms with E-state index in [1.54, 1.807) is 12.1 Å². The Hall–Kier alpha value is -2.30. The summed E-state index contributed by atoms with van der Waals surface area (Å²) in [4.78, 5) is 12.0. The minimum Gasteiger partial charge on any atom is -0.456 e. The molecular formula is C16H21N3O2. The summed E-state index contributed by atoms with van der Waals surface area (Å²) in [6.45, 7) is 6.26. The normalized spacial score (nSPS) is 12.1. The van der Waals surface area contributed by atoms with Crippen LogP contribution < -0.4 is 5.73 Å². The maximum atomic E-state index is 12.0. The maximum Gasteiger partial charge on any atom is 0.338 e. The highest BCUT2D eigenvalue weighted by Gasteiger charge is 2.10. The smallest absolute Gasteiger partial charge is 0.338 e. The fraction of sp³-hybridized carbons (Fsp3) is 0.375. The van der Waals surface area contributed by atoms with E-state index in [1.165, 1.54) is 0 Å². The highest BCUT2D eigenvalue weighted by Crippen LogP contribution is 2.15. The first-order chi connectivity index (χ1) is 10.0. The lowest BCUT2D eigenvalue weighted by molar-refractivity contribution is 0.0467. The van der Waals surface area contributed by atoms with E-state index in [4.69, 9.17) is 10.5 Å². The highest BCUT2D eigenvalue weighted by atomic mass is 16.5. The maximum absolute atomic E-state index is 12.0. The Kier molecular flexibility index (Phi) is 4.62. The first-order valence-electron chi connectivity index (χ1n) is 7.08. The molecule has 2 aromatic rings. The predicted octanol–water partition coefficient (Wildman–Crippen LogP) is 3.10. The quantitative estimate of drug-likeness (QED) is 0.677. The number of benzene rings is 1. The summed E-state index contributed by atoms with van der Waals surface area (Å²) in [5, 5.41) is 4.39. The zero-order valence-corrected chi connectivity index (χ0v) is 12.7. The number of hydrogen-bond donors (Lipinski definition) is 1. The summed E-state index contributed by atoms with van der Waals surface area (Å²) < 4.78 is 7.15. The van der Waals surface area contributed by atoms with Crippen LogP contribution in [-0.2, 0) is 11.3 Å². The van der Waals surface area contributed by atoms with Crippen LogP contribution in [0.4, 0.5) is 5.69 Å². The van der Waals surface area contributed by atoms with Gasteiger partial charge in [-0.2, -0.15) is 5.10 Å². The van der Waals surface area contributed by atoms with Crippen molar-refractivity contribution in [1.82, 2.24) is 9.78 Å². The summed E-state index contributed by atoms with van der Waals surface area (Å²) in [5.74, 6) is -0.389. The molecule has 1 unspecified atom stereocenters. The van der Waals surface area contributed by atoms with Crippen molar-refractivity contribution < 1.29 is 9.53 Å². The molecular weight excluding hydrogens is 266 g/mol. The summed E-state index contributed by atoms with van der Waals surface area (Å²) in [7, 11) is 0. The SMILES string of the molecule is CCC(C)n1ccc(COC(=O)c2ccc(C)c(N)c2)n1. The van der Waals surface area contributed by atoms with Crippen LogP contribution in [0.2, 0.25) is 0 Å². The van der Waals surface area contributed by atoms with Gasteiger partial charge >= 0.3 is 5.97 Å². The van der Waals surface area contributed by atoms with Gasteiger partial charge in [-0.3, -0.25) is 4.68 Å². The van der Waals surface area contributed by atoms with Gasteiger partial charge in [-0.15, -0.1) is 0 Å². The number of rotatable bonds is 5. The molecule has 1 heterocycles. The topological polar surface area (TPSA) is 70.1 Å². The van der Waals surface area contributed by atoms with Crippen molar-refractivity contribution in [2.45, 2.75) is 39.8 Å². The first kappa shape index (κ1) is 15.1. The van der Waals surface area contributed by atoms with Gasteiger partial charge in [0.05, 0.1) is 11.3 Å². The summed E-state index contributed by atoms with van der Waals surface area (Å²) in [5.41, 5.74) is 8.52. The highest BCUT2D eigenvalue weighted by molar-refractivity contribution is 5.90. The van der Waals surface area contributed by atoms with Gasteiger partial charge in [0, 0.05) is 17.9 Å². The van der Waals surface area contributed by atoms with Crippen molar-refractivity contribution >= 4 is 11.7 Å². The Morgan fingerprint density at radius 3 is 2.86 bits per heavy atom. The Bertz CT molecular complexity index is 634. The third kappa shape index (κ3) is 3.62. The Balaban J connectivity index is 1.97. The van der Waals surface area contributed by atoms with Crippen LogP contribution in [0.1, 0.15) is 47.9 Å². The molecule has 0 radical (unpaired) electrons. The Morgan fingerprint density at radius 2 is 2.19 bits per heavy atom. The average Bonchev–Trinajstić information content (AvgIpc) is 2.95. The largest absolute Gasteiger partial charge is 0.456 e. The van der Waals surface area contributed by atoms with Gasteiger partial charge in [0.25, 0.3) is 0 Å². The molecule has 0 spiro atoms. The summed E-state index contributed by atoms with van der Waals surface area (Å²) in [6.07, 6.45) is 2.91. The number of esters is 1. The third-order valence-corrected chi connectivity index (χ3v) is 3.57. The van der Waals surface area contributed by atoms with Crippen molar-refractivity contribution in [3.63, 3.8) is 0 Å². The van der Waals surface area contributed by atoms with E-state index >= 15 is 0 Å². The lowest BCUT2D eigenvalue weighted by Crippen LogP contribution is -2.08. The molecule has 2 N–H and O–H groups in total. The molecule has 1 atom stereocenters. The zero-order chi connectivity index (χ0) is 15.4. The molecule has 0 bridgehead atoms. The number of hydrogen-bond acceptors (Lipinski definition) is 4. The minimum absolute atomic E-state index is 0.163.